The molecular formula is C11H16N2O2. The van der Waals surface area contributed by atoms with Crippen LogP contribution in [0.25, 0.3) is 0 Å². The second kappa shape index (κ2) is 4.96. The lowest BCUT2D eigenvalue weighted by Crippen LogP contribution is -2.35. The highest BCUT2D eigenvalue weighted by Gasteiger charge is 2.16. The van der Waals surface area contributed by atoms with Crippen LogP contribution in [0.15, 0.2) is 17.1 Å². The van der Waals surface area contributed by atoms with Crippen LogP contribution in [-0.4, -0.2) is 28.9 Å². The molecule has 1 saturated heterocycles. The van der Waals surface area contributed by atoms with Crippen LogP contribution in [-0.2, 0) is 11.2 Å². The number of hydrogen-bond acceptors (Lipinski definition) is 3. The third kappa shape index (κ3) is 2.81. The summed E-state index contributed by atoms with van der Waals surface area (Å²) in [7, 11) is 0. The molecule has 0 aliphatic carbocycles. The first-order chi connectivity index (χ1) is 7.36. The minimum absolute atomic E-state index is 0.248. The van der Waals surface area contributed by atoms with Crippen molar-refractivity contribution in [2.45, 2.75) is 32.1 Å². The molecule has 1 amide bonds. The molecule has 0 saturated carbocycles. The molecule has 0 atom stereocenters. The Morgan fingerprint density at radius 3 is 2.87 bits per heavy atom. The number of nitrogens with zero attached hydrogens (tertiary/aromatic N) is 2. The Labute approximate surface area is 89.3 Å². The van der Waals surface area contributed by atoms with Gasteiger partial charge in [0.2, 0.25) is 5.91 Å². The van der Waals surface area contributed by atoms with Crippen molar-refractivity contribution < 1.29 is 9.21 Å². The molecule has 15 heavy (non-hydrogen) atoms. The highest BCUT2D eigenvalue weighted by atomic mass is 16.3. The fourth-order valence-electron chi connectivity index (χ4n) is 1.90. The fraction of sp³-hybridized carbons (Fsp3) is 0.636. The maximum Gasteiger partial charge on any atom is 0.222 e. The molecule has 82 valence electrons. The van der Waals surface area contributed by atoms with E-state index >= 15 is 0 Å². The summed E-state index contributed by atoms with van der Waals surface area (Å²) in [6.45, 7) is 1.86. The van der Waals surface area contributed by atoms with Gasteiger partial charge in [0, 0.05) is 25.9 Å². The number of carbonyl (C=O) groups excluding carboxylic acids is 1. The number of oxazole rings is 1. The number of aromatic nitrogens is 1. The minimum atomic E-state index is 0.248. The molecule has 4 heteroatoms. The van der Waals surface area contributed by atoms with Crippen LogP contribution in [0.1, 0.15) is 31.4 Å². The fourth-order valence-corrected chi connectivity index (χ4v) is 1.90. The lowest BCUT2D eigenvalue weighted by atomic mass is 10.1. The number of piperidine rings is 1. The van der Waals surface area contributed by atoms with Gasteiger partial charge in [-0.25, -0.2) is 4.98 Å². The average molecular weight is 208 g/mol. The summed E-state index contributed by atoms with van der Waals surface area (Å²) in [5.74, 6) is 0.248. The summed E-state index contributed by atoms with van der Waals surface area (Å²) in [5.41, 5.74) is 0.861. The molecular weight excluding hydrogens is 192 g/mol. The van der Waals surface area contributed by atoms with E-state index in [9.17, 15) is 4.79 Å². The van der Waals surface area contributed by atoms with Crippen LogP contribution >= 0.6 is 0 Å². The van der Waals surface area contributed by atoms with Gasteiger partial charge in [-0.05, 0) is 19.3 Å². The zero-order valence-electron chi connectivity index (χ0n) is 8.82. The maximum atomic E-state index is 11.8. The highest BCUT2D eigenvalue weighted by Crippen LogP contribution is 2.11. The standard InChI is InChI=1S/C11H16N2O2/c14-11(13-6-2-1-3-7-13)5-4-10-8-15-9-12-10/h8-9H,1-7H2. The van der Waals surface area contributed by atoms with Gasteiger partial charge in [-0.1, -0.05) is 0 Å². The Balaban J connectivity index is 1.76. The number of amides is 1. The van der Waals surface area contributed by atoms with E-state index in [-0.39, 0.29) is 5.91 Å². The number of carbonyl (C=O) groups is 1. The third-order valence-electron chi connectivity index (χ3n) is 2.79. The molecule has 0 N–H and O–H groups in total. The van der Waals surface area contributed by atoms with Crippen molar-refractivity contribution in [2.75, 3.05) is 13.1 Å². The minimum Gasteiger partial charge on any atom is -0.451 e. The van der Waals surface area contributed by atoms with Crippen molar-refractivity contribution in [3.8, 4) is 0 Å². The Hall–Kier alpha value is -1.32. The molecule has 0 radical (unpaired) electrons. The van der Waals surface area contributed by atoms with E-state index in [4.69, 9.17) is 4.42 Å². The van der Waals surface area contributed by atoms with Crippen molar-refractivity contribution in [1.82, 2.24) is 9.88 Å². The Bertz CT molecular complexity index is 302. The van der Waals surface area contributed by atoms with Crippen molar-refractivity contribution in [3.05, 3.63) is 18.4 Å². The molecule has 0 aromatic carbocycles. The van der Waals surface area contributed by atoms with Gasteiger partial charge in [0.15, 0.2) is 6.39 Å². The molecule has 2 rings (SSSR count). The summed E-state index contributed by atoms with van der Waals surface area (Å²) < 4.78 is 4.86. The summed E-state index contributed by atoms with van der Waals surface area (Å²) in [5, 5.41) is 0. The summed E-state index contributed by atoms with van der Waals surface area (Å²) >= 11 is 0. The van der Waals surface area contributed by atoms with Crippen LogP contribution in [0.5, 0.6) is 0 Å². The quantitative estimate of drug-likeness (QED) is 0.758. The molecule has 2 heterocycles. The van der Waals surface area contributed by atoms with E-state index in [1.165, 1.54) is 12.8 Å². The Kier molecular flexibility index (Phi) is 3.37. The van der Waals surface area contributed by atoms with Crippen LogP contribution in [0.2, 0.25) is 0 Å². The van der Waals surface area contributed by atoms with Crippen LogP contribution in [0.4, 0.5) is 0 Å². The van der Waals surface area contributed by atoms with Crippen LogP contribution < -0.4 is 0 Å². The number of likely N-dealkylation sites (tertiary alicyclic amines) is 1. The van der Waals surface area contributed by atoms with Crippen molar-refractivity contribution in [1.29, 1.82) is 0 Å². The highest BCUT2D eigenvalue weighted by molar-refractivity contribution is 5.76. The largest absolute Gasteiger partial charge is 0.451 e. The normalized spacial score (nSPS) is 16.7. The number of aryl methyl sites for hydroxylation is 1. The van der Waals surface area contributed by atoms with E-state index in [0.717, 1.165) is 31.6 Å². The first kappa shape index (κ1) is 10.2. The second-order valence-corrected chi connectivity index (χ2v) is 3.92. The predicted octanol–water partition coefficient (Wildman–Crippen LogP) is 1.62. The Morgan fingerprint density at radius 1 is 1.40 bits per heavy atom. The lowest BCUT2D eigenvalue weighted by Gasteiger charge is -2.26. The number of rotatable bonds is 3. The zero-order chi connectivity index (χ0) is 10.5. The van der Waals surface area contributed by atoms with Gasteiger partial charge < -0.3 is 9.32 Å². The molecule has 0 unspecified atom stereocenters. The molecule has 1 aromatic heterocycles. The van der Waals surface area contributed by atoms with E-state index in [1.54, 1.807) is 6.26 Å². The maximum absolute atomic E-state index is 11.8. The SMILES string of the molecule is O=C(CCc1cocn1)N1CCCCC1. The van der Waals surface area contributed by atoms with Gasteiger partial charge in [-0.2, -0.15) is 0 Å². The van der Waals surface area contributed by atoms with E-state index in [1.807, 2.05) is 4.90 Å². The van der Waals surface area contributed by atoms with Crippen molar-refractivity contribution >= 4 is 5.91 Å². The molecule has 1 fully saturated rings. The van der Waals surface area contributed by atoms with Gasteiger partial charge in [0.05, 0.1) is 5.69 Å². The van der Waals surface area contributed by atoms with E-state index < -0.39 is 0 Å². The number of hydrogen-bond donors (Lipinski definition) is 0. The monoisotopic (exact) mass is 208 g/mol. The first-order valence-electron chi connectivity index (χ1n) is 5.51. The van der Waals surface area contributed by atoms with Crippen LogP contribution in [0, 0.1) is 0 Å². The van der Waals surface area contributed by atoms with Gasteiger partial charge in [0.1, 0.15) is 6.26 Å². The van der Waals surface area contributed by atoms with E-state index in [2.05, 4.69) is 4.98 Å². The summed E-state index contributed by atoms with van der Waals surface area (Å²) in [6, 6.07) is 0. The molecule has 1 aliphatic rings. The third-order valence-corrected chi connectivity index (χ3v) is 2.79. The predicted molar refractivity (Wildman–Crippen MR) is 55.3 cm³/mol. The molecule has 0 bridgehead atoms. The first-order valence-corrected chi connectivity index (χ1v) is 5.51. The average Bonchev–Trinajstić information content (AvgIpc) is 2.80. The summed E-state index contributed by atoms with van der Waals surface area (Å²) in [6.07, 6.45) is 7.79. The van der Waals surface area contributed by atoms with E-state index in [0.29, 0.717) is 12.8 Å². The van der Waals surface area contributed by atoms with Gasteiger partial charge >= 0.3 is 0 Å². The van der Waals surface area contributed by atoms with Crippen LogP contribution in [0.3, 0.4) is 0 Å². The second-order valence-electron chi connectivity index (χ2n) is 3.92. The smallest absolute Gasteiger partial charge is 0.222 e. The van der Waals surface area contributed by atoms with Gasteiger partial charge in [-0.15, -0.1) is 0 Å². The van der Waals surface area contributed by atoms with Gasteiger partial charge in [-0.3, -0.25) is 4.79 Å². The van der Waals surface area contributed by atoms with Crippen molar-refractivity contribution in [2.24, 2.45) is 0 Å². The Morgan fingerprint density at radius 2 is 2.20 bits per heavy atom. The zero-order valence-corrected chi connectivity index (χ0v) is 8.82. The van der Waals surface area contributed by atoms with Gasteiger partial charge in [0.25, 0.3) is 0 Å². The molecule has 1 aromatic rings. The lowest BCUT2D eigenvalue weighted by molar-refractivity contribution is -0.132. The van der Waals surface area contributed by atoms with Crippen molar-refractivity contribution in [3.63, 3.8) is 0 Å². The molecule has 0 spiro atoms. The summed E-state index contributed by atoms with van der Waals surface area (Å²) in [4.78, 5) is 17.7. The molecule has 1 aliphatic heterocycles. The topological polar surface area (TPSA) is 46.3 Å². The molecule has 4 nitrogen and oxygen atoms in total.